The van der Waals surface area contributed by atoms with E-state index in [1.54, 1.807) is 31.2 Å². The van der Waals surface area contributed by atoms with Crippen LogP contribution in [-0.4, -0.2) is 56.4 Å². The molecule has 2 N–H and O–H groups in total. The maximum atomic E-state index is 13.0. The minimum atomic E-state index is -4.93. The molecule has 1 fully saturated rings. The van der Waals surface area contributed by atoms with Gasteiger partial charge >= 0.3 is 5.76 Å². The molecule has 0 unspecified atom stereocenters. The molecular weight excluding hydrogens is 480 g/mol. The van der Waals surface area contributed by atoms with Crippen molar-refractivity contribution in [1.29, 1.82) is 0 Å². The lowest BCUT2D eigenvalue weighted by Gasteiger charge is -2.28. The van der Waals surface area contributed by atoms with Crippen molar-refractivity contribution >= 4 is 38.8 Å². The fraction of sp³-hybridized carbons (Fsp3) is 0.261. The van der Waals surface area contributed by atoms with Crippen molar-refractivity contribution in [2.75, 3.05) is 41.8 Å². The number of rotatable bonds is 7. The molecule has 184 valence electrons. The highest BCUT2D eigenvalue weighted by Gasteiger charge is 2.30. The van der Waals surface area contributed by atoms with Crippen LogP contribution in [0.2, 0.25) is 0 Å². The Balaban J connectivity index is 1.47. The van der Waals surface area contributed by atoms with E-state index in [1.165, 1.54) is 18.2 Å². The first-order valence-electron chi connectivity index (χ1n) is 10.7. The van der Waals surface area contributed by atoms with Crippen molar-refractivity contribution < 1.29 is 26.7 Å². The van der Waals surface area contributed by atoms with Crippen LogP contribution in [0.3, 0.4) is 0 Å². The van der Waals surface area contributed by atoms with Crippen LogP contribution in [0.25, 0.3) is 0 Å². The predicted octanol–water partition coefficient (Wildman–Crippen LogP) is 3.61. The zero-order valence-electron chi connectivity index (χ0n) is 18.7. The molecule has 0 spiro atoms. The molecule has 1 amide bonds. The van der Waals surface area contributed by atoms with E-state index in [0.717, 1.165) is 25.0 Å². The molecule has 0 saturated carbocycles. The van der Waals surface area contributed by atoms with Gasteiger partial charge in [0.25, 0.3) is 5.91 Å². The molecule has 0 radical (unpaired) electrons. The summed E-state index contributed by atoms with van der Waals surface area (Å²) >= 11 is 0. The quantitative estimate of drug-likeness (QED) is 0.503. The number of halogens is 2. The molecule has 1 aliphatic heterocycles. The number of aromatic nitrogens is 2. The summed E-state index contributed by atoms with van der Waals surface area (Å²) in [5, 5.41) is 5.74. The van der Waals surface area contributed by atoms with Gasteiger partial charge in [-0.25, -0.2) is 18.4 Å². The molecule has 2 aromatic carbocycles. The molecule has 2 heterocycles. The lowest BCUT2D eigenvalue weighted by molar-refractivity contribution is 0.102. The van der Waals surface area contributed by atoms with Crippen molar-refractivity contribution in [3.8, 4) is 0 Å². The highest BCUT2D eigenvalue weighted by Crippen LogP contribution is 2.25. The number of anilines is 4. The number of carbonyl (C=O) groups excluding carboxylic acids is 1. The van der Waals surface area contributed by atoms with Crippen molar-refractivity contribution in [3.63, 3.8) is 0 Å². The normalized spacial score (nSPS) is 14.1. The molecule has 35 heavy (non-hydrogen) atoms. The van der Waals surface area contributed by atoms with Crippen molar-refractivity contribution in [3.05, 3.63) is 66.0 Å². The summed E-state index contributed by atoms with van der Waals surface area (Å²) in [4.78, 5) is 22.9. The Bertz CT molecular complexity index is 1310. The minimum Gasteiger partial charge on any atom is -0.378 e. The van der Waals surface area contributed by atoms with E-state index in [2.05, 4.69) is 25.5 Å². The van der Waals surface area contributed by atoms with Gasteiger partial charge < -0.3 is 20.3 Å². The Morgan fingerprint density at radius 3 is 2.37 bits per heavy atom. The Hall–Kier alpha value is -3.64. The predicted molar refractivity (Wildman–Crippen MR) is 127 cm³/mol. The number of hydrogen-bond donors (Lipinski definition) is 2. The third-order valence-corrected chi connectivity index (χ3v) is 6.69. The first-order valence-corrected chi connectivity index (χ1v) is 12.3. The molecule has 3 aromatic rings. The Labute approximate surface area is 201 Å². The second-order valence-electron chi connectivity index (χ2n) is 7.72. The average molecular weight is 504 g/mol. The van der Waals surface area contributed by atoms with Crippen LogP contribution in [-0.2, 0) is 14.6 Å². The topological polar surface area (TPSA) is 114 Å². The molecule has 1 saturated heterocycles. The highest BCUT2D eigenvalue weighted by atomic mass is 32.2. The van der Waals surface area contributed by atoms with Crippen molar-refractivity contribution in [1.82, 2.24) is 9.97 Å². The van der Waals surface area contributed by atoms with E-state index in [4.69, 9.17) is 4.74 Å². The number of nitrogens with one attached hydrogen (secondary N) is 2. The number of hydrogen-bond acceptors (Lipinski definition) is 8. The SMILES string of the molecule is Cc1nc(Nc2ccc(NC(=O)c3ccccc3S(=O)(=O)C(F)F)cc2)cc(N2CCOCC2)n1. The van der Waals surface area contributed by atoms with Gasteiger partial charge in [-0.05, 0) is 43.3 Å². The van der Waals surface area contributed by atoms with Gasteiger partial charge in [-0.1, -0.05) is 12.1 Å². The van der Waals surface area contributed by atoms with E-state index in [9.17, 15) is 22.0 Å². The van der Waals surface area contributed by atoms with Gasteiger partial charge in [0.05, 0.1) is 23.7 Å². The van der Waals surface area contributed by atoms with Gasteiger partial charge in [0, 0.05) is 30.5 Å². The summed E-state index contributed by atoms with van der Waals surface area (Å²) in [7, 11) is -4.93. The molecule has 0 atom stereocenters. The third-order valence-electron chi connectivity index (χ3n) is 5.25. The van der Waals surface area contributed by atoms with Crippen LogP contribution in [0.5, 0.6) is 0 Å². The Kier molecular flexibility index (Phi) is 7.22. The summed E-state index contributed by atoms with van der Waals surface area (Å²) in [6.45, 7) is 4.56. The summed E-state index contributed by atoms with van der Waals surface area (Å²) in [6.07, 6.45) is 0. The third kappa shape index (κ3) is 5.72. The minimum absolute atomic E-state index is 0.359. The summed E-state index contributed by atoms with van der Waals surface area (Å²) in [5.74, 6) is -2.44. The second kappa shape index (κ2) is 10.3. The molecule has 9 nitrogen and oxygen atoms in total. The zero-order valence-corrected chi connectivity index (χ0v) is 19.6. The summed E-state index contributed by atoms with van der Waals surface area (Å²) < 4.78 is 55.2. The number of ether oxygens (including phenoxy) is 1. The summed E-state index contributed by atoms with van der Waals surface area (Å²) in [6, 6.07) is 13.3. The first-order chi connectivity index (χ1) is 16.7. The highest BCUT2D eigenvalue weighted by molar-refractivity contribution is 7.91. The zero-order chi connectivity index (χ0) is 25.0. The van der Waals surface area contributed by atoms with Crippen LogP contribution in [0.1, 0.15) is 16.2 Å². The number of sulfone groups is 1. The smallest absolute Gasteiger partial charge is 0.341 e. The fourth-order valence-electron chi connectivity index (χ4n) is 3.55. The average Bonchev–Trinajstić information content (AvgIpc) is 2.85. The first kappa shape index (κ1) is 24.5. The Morgan fingerprint density at radius 1 is 1.03 bits per heavy atom. The van der Waals surface area contributed by atoms with Crippen molar-refractivity contribution in [2.45, 2.75) is 17.6 Å². The molecule has 0 bridgehead atoms. The van der Waals surface area contributed by atoms with E-state index < -0.39 is 26.4 Å². The number of carbonyl (C=O) groups is 1. The second-order valence-corrected chi connectivity index (χ2v) is 9.60. The molecular formula is C23H23F2N5O4S. The number of morpholine rings is 1. The van der Waals surface area contributed by atoms with E-state index in [1.807, 2.05) is 6.07 Å². The van der Waals surface area contributed by atoms with Gasteiger partial charge in [-0.3, -0.25) is 4.79 Å². The van der Waals surface area contributed by atoms with Gasteiger partial charge in [-0.15, -0.1) is 0 Å². The lowest BCUT2D eigenvalue weighted by atomic mass is 10.2. The fourth-order valence-corrected chi connectivity index (χ4v) is 4.48. The lowest BCUT2D eigenvalue weighted by Crippen LogP contribution is -2.36. The molecule has 1 aromatic heterocycles. The van der Waals surface area contributed by atoms with Crippen LogP contribution in [0.15, 0.2) is 59.5 Å². The Morgan fingerprint density at radius 2 is 1.69 bits per heavy atom. The molecule has 1 aliphatic rings. The molecule has 4 rings (SSSR count). The monoisotopic (exact) mass is 503 g/mol. The van der Waals surface area contributed by atoms with Gasteiger partial charge in [-0.2, -0.15) is 8.78 Å². The van der Waals surface area contributed by atoms with E-state index in [-0.39, 0.29) is 5.56 Å². The van der Waals surface area contributed by atoms with Crippen LogP contribution >= 0.6 is 0 Å². The van der Waals surface area contributed by atoms with E-state index >= 15 is 0 Å². The number of amides is 1. The maximum Gasteiger partial charge on any atom is 0.341 e. The number of benzene rings is 2. The largest absolute Gasteiger partial charge is 0.378 e. The van der Waals surface area contributed by atoms with Crippen LogP contribution in [0, 0.1) is 6.92 Å². The van der Waals surface area contributed by atoms with Crippen LogP contribution in [0.4, 0.5) is 31.8 Å². The molecule has 0 aliphatic carbocycles. The standard InChI is InChI=1S/C23H23F2N5O4S/c1-15-26-20(14-21(27-15)30-10-12-34-13-11-30)28-16-6-8-17(9-7-16)29-22(31)18-4-2-3-5-19(18)35(32,33)23(24)25/h2-9,14,23H,10-13H2,1H3,(H,29,31)(H,26,27,28). The number of nitrogens with zero attached hydrogens (tertiary/aromatic N) is 3. The van der Waals surface area contributed by atoms with Gasteiger partial charge in [0.15, 0.2) is 0 Å². The van der Waals surface area contributed by atoms with Crippen LogP contribution < -0.4 is 15.5 Å². The summed E-state index contributed by atoms with van der Waals surface area (Å²) in [5.41, 5.74) is 0.689. The molecule has 12 heteroatoms. The van der Waals surface area contributed by atoms with E-state index in [0.29, 0.717) is 36.2 Å². The van der Waals surface area contributed by atoms with Gasteiger partial charge in [0.2, 0.25) is 9.84 Å². The number of alkyl halides is 2. The maximum absolute atomic E-state index is 13.0. The number of aryl methyl sites for hydroxylation is 1. The van der Waals surface area contributed by atoms with Crippen molar-refractivity contribution in [2.24, 2.45) is 0 Å². The van der Waals surface area contributed by atoms with Gasteiger partial charge in [0.1, 0.15) is 17.5 Å².